The largest absolute Gasteiger partial charge is 0.462 e. The van der Waals surface area contributed by atoms with Crippen LogP contribution in [0, 0.1) is 11.6 Å². The first-order chi connectivity index (χ1) is 12.8. The van der Waals surface area contributed by atoms with Crippen molar-refractivity contribution in [1.82, 2.24) is 5.32 Å². The number of esters is 2. The summed E-state index contributed by atoms with van der Waals surface area (Å²) in [4.78, 5) is 36.3. The molecule has 1 amide bonds. The van der Waals surface area contributed by atoms with Gasteiger partial charge in [-0.15, -0.1) is 11.3 Å². The van der Waals surface area contributed by atoms with Crippen LogP contribution in [-0.2, 0) is 16.1 Å². The van der Waals surface area contributed by atoms with E-state index in [-0.39, 0.29) is 27.6 Å². The number of halogens is 2. The Morgan fingerprint density at radius 2 is 1.70 bits per heavy atom. The number of carbonyl (C=O) groups is 3. The predicted molar refractivity (Wildman–Crippen MR) is 93.6 cm³/mol. The van der Waals surface area contributed by atoms with E-state index in [0.717, 1.165) is 29.5 Å². The second kappa shape index (κ2) is 8.58. The second-order valence-electron chi connectivity index (χ2n) is 5.12. The zero-order valence-corrected chi connectivity index (χ0v) is 15.2. The second-order valence-corrected chi connectivity index (χ2v) is 6.17. The molecule has 7 nitrogen and oxygen atoms in total. The Bertz CT molecular complexity index is 877. The molecule has 27 heavy (non-hydrogen) atoms. The summed E-state index contributed by atoms with van der Waals surface area (Å²) in [7, 11) is 1.37. The van der Waals surface area contributed by atoms with Crippen molar-refractivity contribution in [2.75, 3.05) is 19.4 Å². The van der Waals surface area contributed by atoms with E-state index in [2.05, 4.69) is 5.32 Å². The first-order valence-electron chi connectivity index (χ1n) is 7.73. The zero-order chi connectivity index (χ0) is 20.1. The van der Waals surface area contributed by atoms with Gasteiger partial charge in [0.15, 0.2) is 0 Å². The monoisotopic (exact) mass is 398 g/mol. The molecule has 10 heteroatoms. The van der Waals surface area contributed by atoms with Crippen LogP contribution in [0.15, 0.2) is 18.2 Å². The minimum absolute atomic E-state index is 0.000368. The highest BCUT2D eigenvalue weighted by Crippen LogP contribution is 2.32. The minimum atomic E-state index is -1.28. The third-order valence-corrected chi connectivity index (χ3v) is 4.52. The fraction of sp³-hybridized carbons (Fsp3) is 0.235. The van der Waals surface area contributed by atoms with Crippen molar-refractivity contribution >= 4 is 34.2 Å². The fourth-order valence-corrected chi connectivity index (χ4v) is 3.26. The third-order valence-electron chi connectivity index (χ3n) is 3.46. The lowest BCUT2D eigenvalue weighted by atomic mass is 10.1. The summed E-state index contributed by atoms with van der Waals surface area (Å²) in [6.07, 6.45) is 0. The Balaban J connectivity index is 2.37. The molecule has 1 heterocycles. The van der Waals surface area contributed by atoms with Gasteiger partial charge in [-0.3, -0.25) is 4.79 Å². The summed E-state index contributed by atoms with van der Waals surface area (Å²) in [5, 5.41) is 2.37. The van der Waals surface area contributed by atoms with Gasteiger partial charge in [-0.2, -0.15) is 0 Å². The van der Waals surface area contributed by atoms with Gasteiger partial charge in [0.05, 0.1) is 6.61 Å². The minimum Gasteiger partial charge on any atom is -0.462 e. The number of nitrogens with two attached hydrogens (primary N) is 1. The van der Waals surface area contributed by atoms with Crippen LogP contribution in [0.25, 0.3) is 0 Å². The first-order valence-corrected chi connectivity index (χ1v) is 8.54. The van der Waals surface area contributed by atoms with Crippen molar-refractivity contribution < 1.29 is 32.6 Å². The van der Waals surface area contributed by atoms with Gasteiger partial charge in [0.2, 0.25) is 0 Å². The van der Waals surface area contributed by atoms with Crippen LogP contribution in [0.1, 0.15) is 42.9 Å². The molecule has 1 aromatic carbocycles. The normalized spacial score (nSPS) is 10.4. The van der Waals surface area contributed by atoms with Crippen LogP contribution in [0.5, 0.6) is 0 Å². The highest BCUT2D eigenvalue weighted by Gasteiger charge is 2.28. The Kier molecular flexibility index (Phi) is 6.45. The molecular formula is C17H16F2N2O5S. The Hall–Kier alpha value is -3.01. The Labute approximate surface area is 157 Å². The van der Waals surface area contributed by atoms with E-state index < -0.39 is 41.7 Å². The molecule has 2 aromatic rings. The van der Waals surface area contributed by atoms with Crippen LogP contribution in [0.2, 0.25) is 0 Å². The molecular weight excluding hydrogens is 382 g/mol. The molecule has 1 aromatic heterocycles. The highest BCUT2D eigenvalue weighted by atomic mass is 32.1. The van der Waals surface area contributed by atoms with Gasteiger partial charge in [-0.25, -0.2) is 18.4 Å². The molecule has 144 valence electrons. The number of ether oxygens (including phenoxy) is 2. The van der Waals surface area contributed by atoms with Gasteiger partial charge >= 0.3 is 11.9 Å². The number of benzene rings is 1. The van der Waals surface area contributed by atoms with Crippen molar-refractivity contribution in [3.63, 3.8) is 0 Å². The standard InChI is InChI=1S/C17H16F2N2O5S/c1-3-25-16(23)11-8(13(15(22)21-2)27-14(11)20)7-26-17(24)12-9(18)5-4-6-10(12)19/h4-6H,3,7,20H2,1-2H3,(H,21,22). The summed E-state index contributed by atoms with van der Waals surface area (Å²) in [6, 6.07) is 2.91. The maximum atomic E-state index is 13.7. The quantitative estimate of drug-likeness (QED) is 0.724. The van der Waals surface area contributed by atoms with Gasteiger partial charge in [0, 0.05) is 12.6 Å². The van der Waals surface area contributed by atoms with Crippen LogP contribution >= 0.6 is 11.3 Å². The van der Waals surface area contributed by atoms with Crippen molar-refractivity contribution in [2.45, 2.75) is 13.5 Å². The van der Waals surface area contributed by atoms with Crippen molar-refractivity contribution in [1.29, 1.82) is 0 Å². The predicted octanol–water partition coefficient (Wildman–Crippen LogP) is 2.50. The van der Waals surface area contributed by atoms with Crippen LogP contribution in [0.3, 0.4) is 0 Å². The van der Waals surface area contributed by atoms with E-state index in [1.165, 1.54) is 7.05 Å². The summed E-state index contributed by atoms with van der Waals surface area (Å²) in [5.41, 5.74) is 4.81. The molecule has 0 radical (unpaired) electrons. The van der Waals surface area contributed by atoms with Crippen LogP contribution in [-0.4, -0.2) is 31.5 Å². The maximum absolute atomic E-state index is 13.7. The molecule has 0 aliphatic heterocycles. The molecule has 0 aliphatic carbocycles. The van der Waals surface area contributed by atoms with E-state index in [0.29, 0.717) is 0 Å². The maximum Gasteiger partial charge on any atom is 0.344 e. The summed E-state index contributed by atoms with van der Waals surface area (Å²) < 4.78 is 37.2. The average molecular weight is 398 g/mol. The smallest absolute Gasteiger partial charge is 0.344 e. The number of amides is 1. The van der Waals surface area contributed by atoms with Gasteiger partial charge in [-0.1, -0.05) is 6.07 Å². The number of hydrogen-bond donors (Lipinski definition) is 2. The lowest BCUT2D eigenvalue weighted by molar-refractivity contribution is 0.0440. The van der Waals surface area contributed by atoms with E-state index in [9.17, 15) is 23.2 Å². The molecule has 0 spiro atoms. The number of anilines is 1. The molecule has 0 aliphatic rings. The van der Waals surface area contributed by atoms with Gasteiger partial charge < -0.3 is 20.5 Å². The molecule has 0 unspecified atom stereocenters. The number of hydrogen-bond acceptors (Lipinski definition) is 7. The highest BCUT2D eigenvalue weighted by molar-refractivity contribution is 7.18. The molecule has 0 fully saturated rings. The molecule has 3 N–H and O–H groups in total. The van der Waals surface area contributed by atoms with Gasteiger partial charge in [0.1, 0.15) is 39.2 Å². The zero-order valence-electron chi connectivity index (χ0n) is 14.4. The van der Waals surface area contributed by atoms with Crippen molar-refractivity contribution in [3.8, 4) is 0 Å². The van der Waals surface area contributed by atoms with E-state index in [4.69, 9.17) is 15.2 Å². The topological polar surface area (TPSA) is 108 Å². The number of nitrogen functional groups attached to an aromatic ring is 1. The van der Waals surface area contributed by atoms with E-state index in [1.54, 1.807) is 6.92 Å². The number of nitrogens with one attached hydrogen (secondary N) is 1. The molecule has 2 rings (SSSR count). The number of rotatable bonds is 6. The first kappa shape index (κ1) is 20.3. The van der Waals surface area contributed by atoms with Crippen LogP contribution in [0.4, 0.5) is 13.8 Å². The third kappa shape index (κ3) is 4.22. The summed E-state index contributed by atoms with van der Waals surface area (Å²) in [5.74, 6) is -4.84. The molecule has 0 atom stereocenters. The molecule has 0 bridgehead atoms. The average Bonchev–Trinajstić information content (AvgIpc) is 2.95. The van der Waals surface area contributed by atoms with Crippen molar-refractivity contribution in [3.05, 3.63) is 51.4 Å². The molecule has 0 saturated carbocycles. The number of thiophene rings is 1. The lowest BCUT2D eigenvalue weighted by Crippen LogP contribution is -2.20. The SMILES string of the molecule is CCOC(=O)c1c(N)sc(C(=O)NC)c1COC(=O)c1c(F)cccc1F. The van der Waals surface area contributed by atoms with Crippen molar-refractivity contribution in [2.24, 2.45) is 0 Å². The Morgan fingerprint density at radius 1 is 1.11 bits per heavy atom. The number of carbonyl (C=O) groups excluding carboxylic acids is 3. The van der Waals surface area contributed by atoms with Crippen LogP contribution < -0.4 is 11.1 Å². The lowest BCUT2D eigenvalue weighted by Gasteiger charge is -2.09. The van der Waals surface area contributed by atoms with E-state index >= 15 is 0 Å². The van der Waals surface area contributed by atoms with Gasteiger partial charge in [-0.05, 0) is 19.1 Å². The summed E-state index contributed by atoms with van der Waals surface area (Å²) in [6.45, 7) is 1.04. The van der Waals surface area contributed by atoms with Gasteiger partial charge in [0.25, 0.3) is 5.91 Å². The molecule has 0 saturated heterocycles. The fourth-order valence-electron chi connectivity index (χ4n) is 2.25. The summed E-state index contributed by atoms with van der Waals surface area (Å²) >= 11 is 0.807. The van der Waals surface area contributed by atoms with E-state index in [1.807, 2.05) is 0 Å². The Morgan fingerprint density at radius 3 is 2.26 bits per heavy atom.